The zero-order valence-electron chi connectivity index (χ0n) is 35.7. The summed E-state index contributed by atoms with van der Waals surface area (Å²) < 4.78 is 27.9. The number of carboxylic acids is 1. The van der Waals surface area contributed by atoms with Crippen LogP contribution >= 0.6 is 0 Å². The highest BCUT2D eigenvalue weighted by atomic mass is 17.2. The number of aliphatic hydroxyl groups excluding tert-OH is 1. The van der Waals surface area contributed by atoms with E-state index in [-0.39, 0.29) is 110 Å². The van der Waals surface area contributed by atoms with Crippen molar-refractivity contribution in [2.24, 2.45) is 0 Å². The molecule has 2 aliphatic rings. The van der Waals surface area contributed by atoms with Crippen LogP contribution in [0, 0.1) is 0 Å². The third kappa shape index (κ3) is 31.1. The fourth-order valence-corrected chi connectivity index (χ4v) is 4.50. The van der Waals surface area contributed by atoms with Crippen LogP contribution in [0.3, 0.4) is 0 Å². The van der Waals surface area contributed by atoms with Gasteiger partial charge in [-0.1, -0.05) is 19.7 Å². The first-order chi connectivity index (χ1) is 29.8. The molecule has 63 heavy (non-hydrogen) atoms. The zero-order valence-corrected chi connectivity index (χ0v) is 35.7. The fraction of sp³-hybridized carbons (Fsp3) is 0.605. The smallest absolute Gasteiger partial charge is 0.333 e. The molecule has 0 aromatic heterocycles. The van der Waals surface area contributed by atoms with E-state index >= 15 is 0 Å². The number of aliphatic carboxylic acids is 1. The van der Waals surface area contributed by atoms with Crippen LogP contribution in [-0.4, -0.2) is 220 Å². The molecule has 0 unspecified atom stereocenters. The van der Waals surface area contributed by atoms with E-state index in [2.05, 4.69) is 38.8 Å². The summed E-state index contributed by atoms with van der Waals surface area (Å²) in [4.78, 5) is 121. The molecule has 0 saturated carbocycles. The van der Waals surface area contributed by atoms with Crippen molar-refractivity contribution < 1.29 is 102 Å². The number of carboxylic acid groups (broad SMARTS) is 1. The molecule has 0 aliphatic carbocycles. The third-order valence-electron chi connectivity index (χ3n) is 7.46. The van der Waals surface area contributed by atoms with Crippen molar-refractivity contribution in [2.75, 3.05) is 131 Å². The molecule has 2 saturated heterocycles. The summed E-state index contributed by atoms with van der Waals surface area (Å²) in [5.74, 6) is -5.74. The molecule has 356 valence electrons. The van der Waals surface area contributed by atoms with Gasteiger partial charge in [0.2, 0.25) is 0 Å². The molecule has 0 amide bonds. The molecule has 0 spiro atoms. The summed E-state index contributed by atoms with van der Waals surface area (Å²) in [7, 11) is 0. The van der Waals surface area contributed by atoms with E-state index in [1.54, 1.807) is 21.6 Å². The van der Waals surface area contributed by atoms with E-state index in [1.165, 1.54) is 18.7 Å². The Bertz CT molecular complexity index is 1500. The molecule has 0 bridgehead atoms. The highest BCUT2D eigenvalue weighted by Gasteiger charge is 2.28. The van der Waals surface area contributed by atoms with E-state index in [0.29, 0.717) is 31.8 Å². The van der Waals surface area contributed by atoms with Crippen LogP contribution in [0.25, 0.3) is 0 Å². The molecule has 0 aromatic carbocycles. The maximum absolute atomic E-state index is 12.1. The van der Waals surface area contributed by atoms with Gasteiger partial charge in [0, 0.05) is 56.0 Å². The molecule has 0 radical (unpaired) electrons. The average Bonchev–Trinajstić information content (AvgIpc) is 3.20. The number of esters is 8. The second kappa shape index (κ2) is 34.0. The lowest BCUT2D eigenvalue weighted by Gasteiger charge is -2.28. The summed E-state index contributed by atoms with van der Waals surface area (Å²) in [5, 5.41) is 26.0. The van der Waals surface area contributed by atoms with Gasteiger partial charge in [-0.05, 0) is 20.8 Å². The molecule has 25 heteroatoms. The lowest BCUT2D eigenvalue weighted by molar-refractivity contribution is -0.299. The zero-order chi connectivity index (χ0) is 47.7. The molecule has 0 aromatic rings. The topological polar surface area (TPSA) is 310 Å². The van der Waals surface area contributed by atoms with Crippen molar-refractivity contribution in [3.63, 3.8) is 0 Å². The lowest BCUT2D eigenvalue weighted by Crippen LogP contribution is -2.49. The molecule has 0 atom stereocenters. The number of hydrogen-bond donors (Lipinski definition) is 3. The van der Waals surface area contributed by atoms with Gasteiger partial charge in [0.15, 0.2) is 0 Å². The van der Waals surface area contributed by atoms with Gasteiger partial charge in [0.25, 0.3) is 0 Å². The van der Waals surface area contributed by atoms with Gasteiger partial charge in [-0.25, -0.2) is 29.0 Å². The first kappa shape index (κ1) is 57.5. The van der Waals surface area contributed by atoms with E-state index in [1.807, 2.05) is 0 Å². The molecule has 2 fully saturated rings. The van der Waals surface area contributed by atoms with E-state index in [9.17, 15) is 43.2 Å². The Kier molecular flexibility index (Phi) is 31.1. The minimum Gasteiger partial charge on any atom is -0.480 e. The predicted molar refractivity (Wildman–Crippen MR) is 211 cm³/mol. The quantitative estimate of drug-likeness (QED) is 0.0142. The molecule has 2 rings (SSSR count). The predicted octanol–water partition coefficient (Wildman–Crippen LogP) is -2.25. The highest BCUT2D eigenvalue weighted by Crippen LogP contribution is 2.04. The summed E-state index contributed by atoms with van der Waals surface area (Å²) in [6.07, 6.45) is 0. The van der Waals surface area contributed by atoms with Crippen LogP contribution in [0.2, 0.25) is 0 Å². The number of cyclic esters (lactones) is 4. The van der Waals surface area contributed by atoms with Crippen molar-refractivity contribution in [2.45, 2.75) is 20.8 Å². The number of rotatable bonds is 28. The first-order valence-corrected chi connectivity index (χ1v) is 19.1. The Morgan fingerprint density at radius 1 is 0.571 bits per heavy atom. The van der Waals surface area contributed by atoms with Gasteiger partial charge in [-0.3, -0.25) is 53.6 Å². The Balaban J connectivity index is 0.00000116. The Morgan fingerprint density at radius 3 is 1.40 bits per heavy atom. The Labute approximate surface area is 363 Å². The SMILES string of the molecule is C=C(C)C(=O)OCCO.C=C(C)C(=O)OCCOOCCN(CCOO)CCN(CC(=O)O)CC(=O)OCCOC(=O)C(=C)C.O=C1CN(CCN2CC(=O)OC(=O)C2)CC(=O)O1. The minimum absolute atomic E-state index is 0.00959. The molecule has 2 aliphatic heterocycles. The largest absolute Gasteiger partial charge is 0.480 e. The first-order valence-electron chi connectivity index (χ1n) is 19.1. The third-order valence-corrected chi connectivity index (χ3v) is 7.46. The molecule has 25 nitrogen and oxygen atoms in total. The van der Waals surface area contributed by atoms with Crippen LogP contribution in [0.5, 0.6) is 0 Å². The monoisotopic (exact) mass is 906 g/mol. The van der Waals surface area contributed by atoms with Gasteiger partial charge in [0.05, 0.1) is 59.1 Å². The van der Waals surface area contributed by atoms with E-state index in [4.69, 9.17) is 39.5 Å². The van der Waals surface area contributed by atoms with Crippen LogP contribution in [0.15, 0.2) is 36.5 Å². The maximum Gasteiger partial charge on any atom is 0.333 e. The van der Waals surface area contributed by atoms with Gasteiger partial charge in [0.1, 0.15) is 33.0 Å². The Morgan fingerprint density at radius 2 is 0.968 bits per heavy atom. The number of ether oxygens (including phenoxy) is 6. The molecular weight excluding hydrogens is 848 g/mol. The molecule has 2 heterocycles. The van der Waals surface area contributed by atoms with Crippen molar-refractivity contribution >= 4 is 53.7 Å². The number of hydrogen-bond acceptors (Lipinski definition) is 24. The second-order valence-electron chi connectivity index (χ2n) is 13.2. The van der Waals surface area contributed by atoms with Gasteiger partial charge in [-0.2, -0.15) is 0 Å². The molecular formula is C38H58N4O21. The number of morpholine rings is 2. The minimum atomic E-state index is -1.13. The normalized spacial score (nSPS) is 14.0. The Hall–Kier alpha value is -5.51. The van der Waals surface area contributed by atoms with Crippen molar-refractivity contribution in [3.05, 3.63) is 36.5 Å². The van der Waals surface area contributed by atoms with E-state index in [0.717, 1.165) is 0 Å². The van der Waals surface area contributed by atoms with E-state index < -0.39 is 60.3 Å². The lowest BCUT2D eigenvalue weighted by atomic mass is 10.3. The number of carbonyl (C=O) groups excluding carboxylic acids is 8. The van der Waals surface area contributed by atoms with Crippen molar-refractivity contribution in [1.29, 1.82) is 0 Å². The standard InChI is InChI=1S/C22H36N2O12.C10H12N2O6.C6H10O3/c1-17(2)21(28)32-12-11-31-20(27)16-24(15-19(25)26)6-5-23(7-9-34-30)8-10-35-36-14-13-33-22(29)18(3)4;13-7-3-11(4-8(14)17-7)1-2-12-5-9(15)18-10(16)6-12;1-5(2)6(8)9-4-3-7/h30H,1,3,5-16H2,2,4H3,(H,25,26);1-6H2;7H,1,3-4H2,2H3. The summed E-state index contributed by atoms with van der Waals surface area (Å²) in [6, 6.07) is 0. The van der Waals surface area contributed by atoms with Crippen LogP contribution in [0.4, 0.5) is 0 Å². The summed E-state index contributed by atoms with van der Waals surface area (Å²) in [6.45, 7) is 15.8. The number of aliphatic hydroxyl groups is 1. The average molecular weight is 907 g/mol. The second-order valence-corrected chi connectivity index (χ2v) is 13.2. The number of nitrogens with zero attached hydrogens (tertiary/aromatic N) is 4. The van der Waals surface area contributed by atoms with Crippen LogP contribution < -0.4 is 0 Å². The summed E-state index contributed by atoms with van der Waals surface area (Å²) in [5.41, 5.74) is 0.835. The van der Waals surface area contributed by atoms with Gasteiger partial charge < -0.3 is 38.6 Å². The fourth-order valence-electron chi connectivity index (χ4n) is 4.50. The highest BCUT2D eigenvalue weighted by molar-refractivity contribution is 5.91. The molecule has 3 N–H and O–H groups in total. The summed E-state index contributed by atoms with van der Waals surface area (Å²) >= 11 is 0. The van der Waals surface area contributed by atoms with Gasteiger partial charge in [-0.15, -0.1) is 0 Å². The van der Waals surface area contributed by atoms with Crippen molar-refractivity contribution in [3.8, 4) is 0 Å². The van der Waals surface area contributed by atoms with Crippen LogP contribution in [-0.2, 0) is 86.2 Å². The maximum atomic E-state index is 12.1. The van der Waals surface area contributed by atoms with Gasteiger partial charge >= 0.3 is 53.7 Å². The van der Waals surface area contributed by atoms with Crippen molar-refractivity contribution in [1.82, 2.24) is 19.6 Å². The number of carbonyl (C=O) groups is 9. The van der Waals surface area contributed by atoms with Crippen LogP contribution in [0.1, 0.15) is 20.8 Å².